The second-order valence-electron chi connectivity index (χ2n) is 4.28. The zero-order valence-electron chi connectivity index (χ0n) is 11.4. The number of rotatable bonds is 4. The number of carbonyl (C=O) groups is 3. The van der Waals surface area contributed by atoms with Gasteiger partial charge < -0.3 is 9.84 Å². The second-order valence-corrected chi connectivity index (χ2v) is 5.95. The molecule has 1 amide bonds. The van der Waals surface area contributed by atoms with E-state index in [9.17, 15) is 14.4 Å². The number of amides is 1. The van der Waals surface area contributed by atoms with Gasteiger partial charge in [-0.3, -0.25) is 14.5 Å². The third-order valence-corrected chi connectivity index (χ3v) is 4.17. The summed E-state index contributed by atoms with van der Waals surface area (Å²) in [6.45, 7) is -0.455. The van der Waals surface area contributed by atoms with E-state index in [1.807, 2.05) is 0 Å². The molecule has 2 rings (SSSR count). The highest BCUT2D eigenvalue weighted by atomic mass is 32.2. The van der Waals surface area contributed by atoms with Crippen molar-refractivity contribution in [2.45, 2.75) is 0 Å². The molecule has 0 saturated carbocycles. The van der Waals surface area contributed by atoms with Crippen molar-refractivity contribution in [2.24, 2.45) is 0 Å². The van der Waals surface area contributed by atoms with Gasteiger partial charge in [0.05, 0.1) is 17.6 Å². The molecule has 0 radical (unpaired) electrons. The van der Waals surface area contributed by atoms with Crippen molar-refractivity contribution >= 4 is 52.2 Å². The molecule has 1 heterocycles. The zero-order valence-corrected chi connectivity index (χ0v) is 13.1. The van der Waals surface area contributed by atoms with E-state index in [1.54, 1.807) is 30.3 Å². The topological polar surface area (TPSA) is 83.9 Å². The van der Waals surface area contributed by atoms with Crippen molar-refractivity contribution in [2.75, 3.05) is 13.7 Å². The first-order chi connectivity index (χ1) is 10.4. The molecule has 0 bridgehead atoms. The van der Waals surface area contributed by atoms with Gasteiger partial charge in [0.15, 0.2) is 0 Å². The van der Waals surface area contributed by atoms with Gasteiger partial charge in [0.2, 0.25) is 0 Å². The number of carboxylic acid groups (broad SMARTS) is 1. The Morgan fingerprint density at radius 1 is 1.36 bits per heavy atom. The van der Waals surface area contributed by atoms with Gasteiger partial charge in [-0.1, -0.05) is 36.1 Å². The predicted molar refractivity (Wildman–Crippen MR) is 85.3 cm³/mol. The number of esters is 1. The molecule has 1 aliphatic heterocycles. The molecule has 0 unspecified atom stereocenters. The number of benzene rings is 1. The van der Waals surface area contributed by atoms with Crippen LogP contribution in [0.3, 0.4) is 0 Å². The van der Waals surface area contributed by atoms with Crippen LogP contribution in [0.4, 0.5) is 0 Å². The molecule has 22 heavy (non-hydrogen) atoms. The third kappa shape index (κ3) is 3.52. The van der Waals surface area contributed by atoms with Crippen LogP contribution in [-0.2, 0) is 14.3 Å². The van der Waals surface area contributed by atoms with Crippen molar-refractivity contribution in [1.29, 1.82) is 0 Å². The van der Waals surface area contributed by atoms with Crippen LogP contribution >= 0.6 is 24.0 Å². The van der Waals surface area contributed by atoms with E-state index in [-0.39, 0.29) is 4.32 Å². The van der Waals surface area contributed by atoms with Crippen LogP contribution in [0.2, 0.25) is 0 Å². The summed E-state index contributed by atoms with van der Waals surface area (Å²) in [5.41, 5.74) is 1.10. The molecule has 1 aromatic rings. The Morgan fingerprint density at radius 3 is 2.55 bits per heavy atom. The van der Waals surface area contributed by atoms with Gasteiger partial charge >= 0.3 is 11.9 Å². The molecule has 1 saturated heterocycles. The molecule has 0 atom stereocenters. The Kier molecular flexibility index (Phi) is 4.94. The van der Waals surface area contributed by atoms with Crippen LogP contribution in [0.1, 0.15) is 15.9 Å². The maximum absolute atomic E-state index is 12.1. The fourth-order valence-electron chi connectivity index (χ4n) is 1.76. The van der Waals surface area contributed by atoms with Gasteiger partial charge in [0.1, 0.15) is 10.9 Å². The molecule has 0 aromatic heterocycles. The van der Waals surface area contributed by atoms with Crippen molar-refractivity contribution in [3.8, 4) is 0 Å². The summed E-state index contributed by atoms with van der Waals surface area (Å²) in [6, 6.07) is 6.48. The normalized spacial score (nSPS) is 16.2. The van der Waals surface area contributed by atoms with Crippen molar-refractivity contribution in [3.05, 3.63) is 40.3 Å². The standard InChI is InChI=1S/C14H11NO5S2/c1-20-13(19)9-4-2-8(3-5-9)6-10-12(18)15(7-11(16)17)14(21)22-10/h2-6H,7H2,1H3,(H,16,17). The second kappa shape index (κ2) is 6.71. The minimum Gasteiger partial charge on any atom is -0.480 e. The maximum Gasteiger partial charge on any atom is 0.337 e. The van der Waals surface area contributed by atoms with Crippen molar-refractivity contribution in [1.82, 2.24) is 4.90 Å². The molecule has 6 nitrogen and oxygen atoms in total. The van der Waals surface area contributed by atoms with E-state index in [0.717, 1.165) is 16.7 Å². The number of methoxy groups -OCH3 is 1. The fourth-order valence-corrected chi connectivity index (χ4v) is 3.01. The predicted octanol–water partition coefficient (Wildman–Crippen LogP) is 1.76. The minimum absolute atomic E-state index is 0.213. The van der Waals surface area contributed by atoms with Crippen LogP contribution in [0.5, 0.6) is 0 Å². The summed E-state index contributed by atoms with van der Waals surface area (Å²) in [5.74, 6) is -2.01. The lowest BCUT2D eigenvalue weighted by molar-refractivity contribution is -0.140. The Morgan fingerprint density at radius 2 is 2.00 bits per heavy atom. The fraction of sp³-hybridized carbons (Fsp3) is 0.143. The smallest absolute Gasteiger partial charge is 0.337 e. The number of thiocarbonyl (C=S) groups is 1. The zero-order chi connectivity index (χ0) is 16.3. The first kappa shape index (κ1) is 16.2. The van der Waals surface area contributed by atoms with Crippen LogP contribution < -0.4 is 0 Å². The Hall–Kier alpha value is -2.19. The van der Waals surface area contributed by atoms with Crippen LogP contribution in [0.25, 0.3) is 6.08 Å². The number of thioether (sulfide) groups is 1. The first-order valence-corrected chi connectivity index (χ1v) is 7.30. The summed E-state index contributed by atoms with van der Waals surface area (Å²) in [7, 11) is 1.30. The van der Waals surface area contributed by atoms with E-state index >= 15 is 0 Å². The van der Waals surface area contributed by atoms with Gasteiger partial charge in [0, 0.05) is 0 Å². The highest BCUT2D eigenvalue weighted by molar-refractivity contribution is 8.26. The third-order valence-electron chi connectivity index (χ3n) is 2.80. The molecule has 114 valence electrons. The van der Waals surface area contributed by atoms with E-state index in [2.05, 4.69) is 4.74 Å². The average Bonchev–Trinajstić information content (AvgIpc) is 2.74. The molecule has 1 aliphatic rings. The Bertz CT molecular complexity index is 681. The average molecular weight is 337 g/mol. The largest absolute Gasteiger partial charge is 0.480 e. The summed E-state index contributed by atoms with van der Waals surface area (Å²) in [6.07, 6.45) is 1.60. The van der Waals surface area contributed by atoms with E-state index in [0.29, 0.717) is 16.0 Å². The monoisotopic (exact) mass is 337 g/mol. The maximum atomic E-state index is 12.1. The molecule has 1 fully saturated rings. The lowest BCUT2D eigenvalue weighted by Gasteiger charge is -2.10. The van der Waals surface area contributed by atoms with E-state index in [1.165, 1.54) is 7.11 Å². The van der Waals surface area contributed by atoms with Gasteiger partial charge in [0.25, 0.3) is 5.91 Å². The quantitative estimate of drug-likeness (QED) is 0.509. The molecular weight excluding hydrogens is 326 g/mol. The number of hydrogen-bond acceptors (Lipinski definition) is 6. The Balaban J connectivity index is 2.19. The highest BCUT2D eigenvalue weighted by Crippen LogP contribution is 2.32. The summed E-state index contributed by atoms with van der Waals surface area (Å²) < 4.78 is 4.81. The van der Waals surface area contributed by atoms with Crippen molar-refractivity contribution < 1.29 is 24.2 Å². The number of aliphatic carboxylic acids is 1. The molecule has 0 spiro atoms. The van der Waals surface area contributed by atoms with Gasteiger partial charge in [-0.15, -0.1) is 0 Å². The number of carbonyl (C=O) groups excluding carboxylic acids is 2. The molecule has 1 N–H and O–H groups in total. The molecule has 1 aromatic carbocycles. The van der Waals surface area contributed by atoms with Crippen LogP contribution in [0, 0.1) is 0 Å². The lowest BCUT2D eigenvalue weighted by Crippen LogP contribution is -2.33. The number of nitrogens with zero attached hydrogens (tertiary/aromatic N) is 1. The van der Waals surface area contributed by atoms with Crippen molar-refractivity contribution in [3.63, 3.8) is 0 Å². The lowest BCUT2D eigenvalue weighted by atomic mass is 10.1. The molecule has 0 aliphatic carbocycles. The highest BCUT2D eigenvalue weighted by Gasteiger charge is 2.33. The number of carboxylic acids is 1. The summed E-state index contributed by atoms with van der Waals surface area (Å²) in [4.78, 5) is 35.5. The van der Waals surface area contributed by atoms with Gasteiger partial charge in [-0.25, -0.2) is 4.79 Å². The summed E-state index contributed by atoms with van der Waals surface area (Å²) >= 11 is 6.05. The van der Waals surface area contributed by atoms with E-state index in [4.69, 9.17) is 17.3 Å². The SMILES string of the molecule is COC(=O)c1ccc(C=C2SC(=S)N(CC(=O)O)C2=O)cc1. The first-order valence-electron chi connectivity index (χ1n) is 6.08. The molecular formula is C14H11NO5S2. The van der Waals surface area contributed by atoms with E-state index < -0.39 is 24.4 Å². The van der Waals surface area contributed by atoms with Gasteiger partial charge in [-0.05, 0) is 23.8 Å². The van der Waals surface area contributed by atoms with Crippen LogP contribution in [0.15, 0.2) is 29.2 Å². The summed E-state index contributed by atoms with van der Waals surface area (Å²) in [5, 5.41) is 8.77. The minimum atomic E-state index is -1.13. The van der Waals surface area contributed by atoms with Gasteiger partial charge in [-0.2, -0.15) is 0 Å². The Labute approximate surface area is 135 Å². The number of ether oxygens (including phenoxy) is 1. The molecule has 8 heteroatoms. The number of hydrogen-bond donors (Lipinski definition) is 1. The van der Waals surface area contributed by atoms with Crippen LogP contribution in [-0.4, -0.2) is 45.8 Å².